The van der Waals surface area contributed by atoms with Crippen molar-refractivity contribution < 1.29 is 22.7 Å². The number of hydrogen-bond donors (Lipinski definition) is 1. The molecule has 1 aromatic carbocycles. The van der Waals surface area contributed by atoms with Gasteiger partial charge in [0.1, 0.15) is 5.75 Å². The largest absolute Gasteiger partial charge is 0.494 e. The summed E-state index contributed by atoms with van der Waals surface area (Å²) >= 11 is 1.71. The van der Waals surface area contributed by atoms with Crippen LogP contribution >= 0.6 is 11.3 Å². The smallest absolute Gasteiger partial charge is 0.220 e. The quantitative estimate of drug-likeness (QED) is 0.558. The zero-order valence-electron chi connectivity index (χ0n) is 17.1. The number of ether oxygens (including phenoxy) is 2. The highest BCUT2D eigenvalue weighted by Gasteiger charge is 2.23. The number of nitrogens with one attached hydrogen (secondary N) is 1. The number of benzene rings is 1. The zero-order valence-corrected chi connectivity index (χ0v) is 18.7. The Morgan fingerprint density at radius 3 is 2.60 bits per heavy atom. The van der Waals surface area contributed by atoms with Crippen molar-refractivity contribution in [3.8, 4) is 5.75 Å². The van der Waals surface area contributed by atoms with Gasteiger partial charge in [0.2, 0.25) is 5.91 Å². The predicted molar refractivity (Wildman–Crippen MR) is 117 cm³/mol. The van der Waals surface area contributed by atoms with Gasteiger partial charge in [0.25, 0.3) is 0 Å². The normalized spacial score (nSPS) is 16.2. The number of carbonyl (C=O) groups is 1. The SMILES string of the molecule is CS(=O)(=O)c1ccc(OCCCC(=O)NCC(c2cccs2)N2CCOCC2)cc1. The fourth-order valence-corrected chi connectivity index (χ4v) is 4.78. The highest BCUT2D eigenvalue weighted by atomic mass is 32.2. The van der Waals surface area contributed by atoms with Crippen LogP contribution in [-0.2, 0) is 19.4 Å². The van der Waals surface area contributed by atoms with Crippen LogP contribution in [0.3, 0.4) is 0 Å². The number of carbonyl (C=O) groups excluding carboxylic acids is 1. The molecule has 1 amide bonds. The zero-order chi connectivity index (χ0) is 21.4. The average molecular weight is 453 g/mol. The summed E-state index contributed by atoms with van der Waals surface area (Å²) in [5, 5.41) is 5.11. The number of hydrogen-bond acceptors (Lipinski definition) is 7. The Hall–Kier alpha value is -1.94. The number of rotatable bonds is 10. The lowest BCUT2D eigenvalue weighted by Crippen LogP contribution is -2.43. The van der Waals surface area contributed by atoms with E-state index in [1.165, 1.54) is 23.3 Å². The van der Waals surface area contributed by atoms with Gasteiger partial charge in [-0.1, -0.05) is 6.07 Å². The first-order chi connectivity index (χ1) is 14.4. The molecular weight excluding hydrogens is 424 g/mol. The molecule has 1 aliphatic heterocycles. The maximum atomic E-state index is 12.3. The number of sulfone groups is 1. The Morgan fingerprint density at radius 2 is 1.97 bits per heavy atom. The molecule has 1 fully saturated rings. The molecule has 0 saturated carbocycles. The van der Waals surface area contributed by atoms with E-state index in [9.17, 15) is 13.2 Å². The van der Waals surface area contributed by atoms with E-state index in [0.29, 0.717) is 31.7 Å². The summed E-state index contributed by atoms with van der Waals surface area (Å²) in [6.45, 7) is 4.14. The maximum absolute atomic E-state index is 12.3. The van der Waals surface area contributed by atoms with Gasteiger partial charge >= 0.3 is 0 Å². The van der Waals surface area contributed by atoms with Gasteiger partial charge in [0.05, 0.1) is 30.8 Å². The first kappa shape index (κ1) is 22.7. The third-order valence-electron chi connectivity index (χ3n) is 4.92. The molecule has 30 heavy (non-hydrogen) atoms. The highest BCUT2D eigenvalue weighted by molar-refractivity contribution is 7.90. The van der Waals surface area contributed by atoms with E-state index in [-0.39, 0.29) is 16.8 Å². The van der Waals surface area contributed by atoms with E-state index < -0.39 is 9.84 Å². The van der Waals surface area contributed by atoms with Crippen LogP contribution in [-0.4, -0.2) is 64.9 Å². The minimum absolute atomic E-state index is 0.000778. The molecule has 1 atom stereocenters. The molecule has 2 heterocycles. The van der Waals surface area contributed by atoms with E-state index in [1.54, 1.807) is 23.5 Å². The van der Waals surface area contributed by atoms with Crippen LogP contribution in [0.1, 0.15) is 23.8 Å². The third-order valence-corrected chi connectivity index (χ3v) is 7.02. The number of amides is 1. The van der Waals surface area contributed by atoms with Crippen molar-refractivity contribution in [1.82, 2.24) is 10.2 Å². The first-order valence-corrected chi connectivity index (χ1v) is 12.8. The highest BCUT2D eigenvalue weighted by Crippen LogP contribution is 2.25. The standard InChI is InChI=1S/C21H28N2O5S2/c1-30(25,26)18-8-6-17(7-9-18)28-12-2-5-21(24)22-16-19(20-4-3-15-29-20)23-10-13-27-14-11-23/h3-4,6-9,15,19H,2,5,10-14,16H2,1H3,(H,22,24). The first-order valence-electron chi connectivity index (χ1n) is 9.98. The van der Waals surface area contributed by atoms with E-state index in [4.69, 9.17) is 9.47 Å². The van der Waals surface area contributed by atoms with Gasteiger partial charge in [0.15, 0.2) is 9.84 Å². The third kappa shape index (κ3) is 6.80. The van der Waals surface area contributed by atoms with Gasteiger partial charge in [0, 0.05) is 37.2 Å². The molecule has 1 aromatic heterocycles. The summed E-state index contributed by atoms with van der Waals surface area (Å²) in [4.78, 5) is 16.2. The summed E-state index contributed by atoms with van der Waals surface area (Å²) in [7, 11) is -3.21. The molecule has 7 nitrogen and oxygen atoms in total. The van der Waals surface area contributed by atoms with Crippen molar-refractivity contribution in [3.05, 3.63) is 46.7 Å². The van der Waals surface area contributed by atoms with Crippen molar-refractivity contribution in [2.24, 2.45) is 0 Å². The van der Waals surface area contributed by atoms with Crippen LogP contribution < -0.4 is 10.1 Å². The molecule has 1 N–H and O–H groups in total. The lowest BCUT2D eigenvalue weighted by Gasteiger charge is -2.34. The monoisotopic (exact) mass is 452 g/mol. The second-order valence-corrected chi connectivity index (χ2v) is 10.2. The second kappa shape index (κ2) is 10.9. The van der Waals surface area contributed by atoms with Gasteiger partial charge in [-0.25, -0.2) is 8.42 Å². The molecule has 164 valence electrons. The van der Waals surface area contributed by atoms with Crippen LogP contribution in [0.25, 0.3) is 0 Å². The average Bonchev–Trinajstić information content (AvgIpc) is 3.26. The van der Waals surface area contributed by atoms with Crippen molar-refractivity contribution in [1.29, 1.82) is 0 Å². The second-order valence-electron chi connectivity index (χ2n) is 7.18. The molecule has 1 saturated heterocycles. The Morgan fingerprint density at radius 1 is 1.23 bits per heavy atom. The molecular formula is C21H28N2O5S2. The van der Waals surface area contributed by atoms with Crippen molar-refractivity contribution in [3.63, 3.8) is 0 Å². The fraction of sp³-hybridized carbons (Fsp3) is 0.476. The summed E-state index contributed by atoms with van der Waals surface area (Å²) in [5.74, 6) is 0.591. The van der Waals surface area contributed by atoms with E-state index in [1.807, 2.05) is 6.07 Å². The van der Waals surface area contributed by atoms with Crippen molar-refractivity contribution >= 4 is 27.1 Å². The van der Waals surface area contributed by atoms with Crippen LogP contribution in [0, 0.1) is 0 Å². The Kier molecular flexibility index (Phi) is 8.26. The van der Waals surface area contributed by atoms with E-state index in [0.717, 1.165) is 26.3 Å². The molecule has 1 unspecified atom stereocenters. The molecule has 9 heteroatoms. The Bertz CT molecular complexity index is 892. The number of morpholine rings is 1. The van der Waals surface area contributed by atoms with Crippen molar-refractivity contribution in [2.75, 3.05) is 45.7 Å². The van der Waals surface area contributed by atoms with Gasteiger partial charge < -0.3 is 14.8 Å². The lowest BCUT2D eigenvalue weighted by atomic mass is 10.2. The van der Waals surface area contributed by atoms with Gasteiger partial charge in [-0.2, -0.15) is 0 Å². The lowest BCUT2D eigenvalue weighted by molar-refractivity contribution is -0.121. The molecule has 1 aliphatic rings. The Labute approximate surface area is 181 Å². The molecule has 0 spiro atoms. The van der Waals surface area contributed by atoms with Gasteiger partial charge in [-0.15, -0.1) is 11.3 Å². The van der Waals surface area contributed by atoms with Gasteiger partial charge in [-0.3, -0.25) is 9.69 Å². The summed E-state index contributed by atoms with van der Waals surface area (Å²) < 4.78 is 34.0. The topological polar surface area (TPSA) is 84.9 Å². The van der Waals surface area contributed by atoms with Gasteiger partial charge in [-0.05, 0) is 42.1 Å². The summed E-state index contributed by atoms with van der Waals surface area (Å²) in [5.41, 5.74) is 0. The summed E-state index contributed by atoms with van der Waals surface area (Å²) in [6.07, 6.45) is 2.13. The Balaban J connectivity index is 1.40. The molecule has 3 rings (SSSR count). The van der Waals surface area contributed by atoms with E-state index >= 15 is 0 Å². The maximum Gasteiger partial charge on any atom is 0.220 e. The number of nitrogens with zero attached hydrogens (tertiary/aromatic N) is 1. The van der Waals surface area contributed by atoms with E-state index in [2.05, 4.69) is 21.7 Å². The molecule has 2 aromatic rings. The minimum atomic E-state index is -3.21. The molecule has 0 bridgehead atoms. The van der Waals surface area contributed by atoms with Crippen LogP contribution in [0.4, 0.5) is 0 Å². The van der Waals surface area contributed by atoms with Crippen LogP contribution in [0.5, 0.6) is 5.75 Å². The minimum Gasteiger partial charge on any atom is -0.494 e. The predicted octanol–water partition coefficient (Wildman–Crippen LogP) is 2.50. The molecule has 0 radical (unpaired) electrons. The summed E-state index contributed by atoms with van der Waals surface area (Å²) in [6, 6.07) is 10.6. The number of thiophene rings is 1. The van der Waals surface area contributed by atoms with Crippen molar-refractivity contribution in [2.45, 2.75) is 23.8 Å². The van der Waals surface area contributed by atoms with Crippen LogP contribution in [0.2, 0.25) is 0 Å². The van der Waals surface area contributed by atoms with Crippen LogP contribution in [0.15, 0.2) is 46.7 Å². The molecule has 0 aliphatic carbocycles. The fourth-order valence-electron chi connectivity index (χ4n) is 3.28.